The number of carbonyl (C=O) groups excluding carboxylic acids is 2. The molecule has 0 spiro atoms. The van der Waals surface area contributed by atoms with Gasteiger partial charge in [0.25, 0.3) is 11.8 Å². The molecule has 0 unspecified atom stereocenters. The number of nitrogens with zero attached hydrogens (tertiary/aromatic N) is 1. The monoisotopic (exact) mass is 329 g/mol. The van der Waals surface area contributed by atoms with E-state index >= 15 is 0 Å². The zero-order chi connectivity index (χ0) is 16.0. The van der Waals surface area contributed by atoms with Gasteiger partial charge in [0, 0.05) is 13.6 Å². The van der Waals surface area contributed by atoms with E-state index in [0.717, 1.165) is 0 Å². The van der Waals surface area contributed by atoms with E-state index in [2.05, 4.69) is 0 Å². The fourth-order valence-corrected chi connectivity index (χ4v) is 1.90. The Morgan fingerprint density at radius 2 is 1.86 bits per heavy atom. The predicted molar refractivity (Wildman–Crippen MR) is 88.2 cm³/mol. The normalized spacial score (nSPS) is 10.5. The van der Waals surface area contributed by atoms with Crippen molar-refractivity contribution in [2.45, 2.75) is 13.8 Å². The van der Waals surface area contributed by atoms with Crippen molar-refractivity contribution in [3.8, 4) is 5.75 Å². The SMILES string of the molecule is CN(CC(C)(C)CN)C(=O)c1ccccc1OCC(N)=O.Cl. The quantitative estimate of drug-likeness (QED) is 0.780. The van der Waals surface area contributed by atoms with Gasteiger partial charge in [-0.1, -0.05) is 26.0 Å². The molecule has 2 amide bonds. The lowest BCUT2D eigenvalue weighted by Crippen LogP contribution is -2.39. The van der Waals surface area contributed by atoms with Gasteiger partial charge in [-0.25, -0.2) is 0 Å². The summed E-state index contributed by atoms with van der Waals surface area (Å²) < 4.78 is 5.28. The third-order valence-electron chi connectivity index (χ3n) is 3.05. The molecule has 6 nitrogen and oxygen atoms in total. The zero-order valence-electron chi connectivity index (χ0n) is 13.2. The van der Waals surface area contributed by atoms with E-state index in [1.54, 1.807) is 36.2 Å². The van der Waals surface area contributed by atoms with E-state index in [1.165, 1.54) is 0 Å². The maximum atomic E-state index is 12.5. The predicted octanol–water partition coefficient (Wildman–Crippen LogP) is 1.03. The summed E-state index contributed by atoms with van der Waals surface area (Å²) in [5.74, 6) is -0.426. The number of rotatable bonds is 7. The van der Waals surface area contributed by atoms with Crippen LogP contribution in [0.5, 0.6) is 5.75 Å². The fraction of sp³-hybridized carbons (Fsp3) is 0.467. The summed E-state index contributed by atoms with van der Waals surface area (Å²) in [6.07, 6.45) is 0. The number of benzene rings is 1. The molecule has 0 aliphatic heterocycles. The Hall–Kier alpha value is -1.79. The van der Waals surface area contributed by atoms with Crippen LogP contribution in [0, 0.1) is 5.41 Å². The van der Waals surface area contributed by atoms with Gasteiger partial charge >= 0.3 is 0 Å². The molecular formula is C15H24ClN3O3. The van der Waals surface area contributed by atoms with Crippen molar-refractivity contribution in [1.29, 1.82) is 0 Å². The Kier molecular flexibility index (Phi) is 7.90. The van der Waals surface area contributed by atoms with Crippen LogP contribution in [0.25, 0.3) is 0 Å². The van der Waals surface area contributed by atoms with Crippen molar-refractivity contribution in [3.63, 3.8) is 0 Å². The highest BCUT2D eigenvalue weighted by molar-refractivity contribution is 5.96. The second-order valence-electron chi connectivity index (χ2n) is 5.78. The van der Waals surface area contributed by atoms with Gasteiger partial charge in [-0.15, -0.1) is 12.4 Å². The Morgan fingerprint density at radius 1 is 1.27 bits per heavy atom. The van der Waals surface area contributed by atoms with Crippen LogP contribution in [0.4, 0.5) is 0 Å². The molecular weight excluding hydrogens is 306 g/mol. The first kappa shape index (κ1) is 20.2. The van der Waals surface area contributed by atoms with E-state index in [4.69, 9.17) is 16.2 Å². The van der Waals surface area contributed by atoms with Gasteiger partial charge in [-0.3, -0.25) is 9.59 Å². The largest absolute Gasteiger partial charge is 0.483 e. The van der Waals surface area contributed by atoms with Crippen molar-refractivity contribution in [3.05, 3.63) is 29.8 Å². The molecule has 0 heterocycles. The van der Waals surface area contributed by atoms with Crippen LogP contribution >= 0.6 is 12.4 Å². The molecule has 0 saturated carbocycles. The van der Waals surface area contributed by atoms with Gasteiger partial charge in [0.05, 0.1) is 5.56 Å². The van der Waals surface area contributed by atoms with Crippen LogP contribution in [-0.4, -0.2) is 43.5 Å². The first-order chi connectivity index (χ1) is 9.76. The highest BCUT2D eigenvalue weighted by Crippen LogP contribution is 2.21. The number of primary amides is 1. The highest BCUT2D eigenvalue weighted by Gasteiger charge is 2.23. The molecule has 22 heavy (non-hydrogen) atoms. The van der Waals surface area contributed by atoms with Crippen LogP contribution in [0.3, 0.4) is 0 Å². The maximum absolute atomic E-state index is 12.5. The summed E-state index contributed by atoms with van der Waals surface area (Å²) in [5.41, 5.74) is 11.0. The summed E-state index contributed by atoms with van der Waals surface area (Å²) in [6, 6.07) is 6.77. The second kappa shape index (κ2) is 8.60. The van der Waals surface area contributed by atoms with Crippen molar-refractivity contribution < 1.29 is 14.3 Å². The molecule has 124 valence electrons. The molecule has 0 aliphatic carbocycles. The second-order valence-corrected chi connectivity index (χ2v) is 5.78. The highest BCUT2D eigenvalue weighted by atomic mass is 35.5. The molecule has 0 fully saturated rings. The number of amides is 2. The van der Waals surface area contributed by atoms with E-state index in [0.29, 0.717) is 24.4 Å². The van der Waals surface area contributed by atoms with Crippen LogP contribution in [-0.2, 0) is 4.79 Å². The van der Waals surface area contributed by atoms with Crippen LogP contribution in [0.2, 0.25) is 0 Å². The number of carbonyl (C=O) groups is 2. The molecule has 0 saturated heterocycles. The lowest BCUT2D eigenvalue weighted by molar-refractivity contribution is -0.119. The van der Waals surface area contributed by atoms with Crippen molar-refractivity contribution in [1.82, 2.24) is 4.90 Å². The number of para-hydroxylation sites is 1. The van der Waals surface area contributed by atoms with Crippen molar-refractivity contribution in [2.75, 3.05) is 26.7 Å². The van der Waals surface area contributed by atoms with E-state index in [9.17, 15) is 9.59 Å². The van der Waals surface area contributed by atoms with Gasteiger partial charge in [-0.2, -0.15) is 0 Å². The van der Waals surface area contributed by atoms with E-state index in [1.807, 2.05) is 13.8 Å². The van der Waals surface area contributed by atoms with E-state index in [-0.39, 0.29) is 30.3 Å². The standard InChI is InChI=1S/C15H23N3O3.ClH/c1-15(2,9-16)10-18(3)14(20)11-6-4-5-7-12(11)21-8-13(17)19;/h4-7H,8-10,16H2,1-3H3,(H2,17,19);1H. The number of hydrogen-bond donors (Lipinski definition) is 2. The molecule has 0 aliphatic rings. The van der Waals surface area contributed by atoms with Crippen LogP contribution in [0.15, 0.2) is 24.3 Å². The minimum Gasteiger partial charge on any atom is -0.483 e. The van der Waals surface area contributed by atoms with Crippen LogP contribution in [0.1, 0.15) is 24.2 Å². The number of hydrogen-bond acceptors (Lipinski definition) is 4. The molecule has 1 rings (SSSR count). The Balaban J connectivity index is 0.00000441. The first-order valence-electron chi connectivity index (χ1n) is 6.72. The summed E-state index contributed by atoms with van der Waals surface area (Å²) in [5, 5.41) is 0. The van der Waals surface area contributed by atoms with Gasteiger partial charge < -0.3 is 21.1 Å². The Morgan fingerprint density at radius 3 is 2.41 bits per heavy atom. The molecule has 0 aromatic heterocycles. The third-order valence-corrected chi connectivity index (χ3v) is 3.05. The average Bonchev–Trinajstić information content (AvgIpc) is 2.44. The van der Waals surface area contributed by atoms with Gasteiger partial charge in [0.2, 0.25) is 0 Å². The molecule has 1 aromatic rings. The van der Waals surface area contributed by atoms with E-state index < -0.39 is 5.91 Å². The number of ether oxygens (including phenoxy) is 1. The summed E-state index contributed by atoms with van der Waals surface area (Å²) in [7, 11) is 1.71. The topological polar surface area (TPSA) is 98.7 Å². The Bertz CT molecular complexity index is 521. The Labute approximate surface area is 137 Å². The molecule has 0 atom stereocenters. The van der Waals surface area contributed by atoms with Gasteiger partial charge in [0.1, 0.15) is 5.75 Å². The van der Waals surface area contributed by atoms with Gasteiger partial charge in [0.15, 0.2) is 6.61 Å². The van der Waals surface area contributed by atoms with Crippen molar-refractivity contribution in [2.24, 2.45) is 16.9 Å². The molecule has 0 radical (unpaired) electrons. The minimum atomic E-state index is -0.588. The summed E-state index contributed by atoms with van der Waals surface area (Å²) in [4.78, 5) is 24.9. The zero-order valence-corrected chi connectivity index (χ0v) is 14.0. The lowest BCUT2D eigenvalue weighted by Gasteiger charge is -2.29. The number of nitrogens with two attached hydrogens (primary N) is 2. The summed E-state index contributed by atoms with van der Waals surface area (Å²) >= 11 is 0. The summed E-state index contributed by atoms with van der Waals surface area (Å²) in [6.45, 7) is 4.72. The maximum Gasteiger partial charge on any atom is 0.257 e. The fourth-order valence-electron chi connectivity index (χ4n) is 1.90. The molecule has 7 heteroatoms. The van der Waals surface area contributed by atoms with Gasteiger partial charge in [-0.05, 0) is 24.1 Å². The molecule has 0 bridgehead atoms. The lowest BCUT2D eigenvalue weighted by atomic mass is 9.93. The average molecular weight is 330 g/mol. The smallest absolute Gasteiger partial charge is 0.257 e. The molecule has 4 N–H and O–H groups in total. The van der Waals surface area contributed by atoms with Crippen LogP contribution < -0.4 is 16.2 Å². The molecule has 1 aromatic carbocycles. The van der Waals surface area contributed by atoms with Crippen molar-refractivity contribution >= 4 is 24.2 Å². The number of halogens is 1. The minimum absolute atomic E-state index is 0. The third kappa shape index (κ3) is 5.91. The first-order valence-corrected chi connectivity index (χ1v) is 6.72.